The third-order valence-electron chi connectivity index (χ3n) is 6.12. The minimum Gasteiger partial charge on any atom is -0.394 e. The van der Waals surface area contributed by atoms with Crippen LogP contribution in [0.4, 0.5) is 11.6 Å². The Morgan fingerprint density at radius 2 is 1.89 bits per heavy atom. The van der Waals surface area contributed by atoms with Crippen molar-refractivity contribution in [1.29, 1.82) is 0 Å². The highest BCUT2D eigenvalue weighted by atomic mass is 31.2. The Bertz CT molecular complexity index is 1390. The first kappa shape index (κ1) is 25.6. The molecule has 2 fully saturated rings. The number of anilines is 2. The molecule has 200 valence electrons. The van der Waals surface area contributed by atoms with Crippen LogP contribution in [0.25, 0.3) is 11.2 Å². The van der Waals surface area contributed by atoms with Crippen LogP contribution in [0.5, 0.6) is 0 Å². The summed E-state index contributed by atoms with van der Waals surface area (Å²) in [5.41, 5.74) is 17.3. The summed E-state index contributed by atoms with van der Waals surface area (Å²) in [5.74, 6) is 0.253. The molecule has 18 heteroatoms. The van der Waals surface area contributed by atoms with Crippen LogP contribution in [0.3, 0.4) is 0 Å². The van der Waals surface area contributed by atoms with Gasteiger partial charge in [0.1, 0.15) is 48.4 Å². The zero-order chi connectivity index (χ0) is 26.3. The van der Waals surface area contributed by atoms with Gasteiger partial charge in [-0.1, -0.05) is 0 Å². The second-order valence-electron chi connectivity index (χ2n) is 8.58. The highest BCUT2D eigenvalue weighted by Gasteiger charge is 2.42. The fourth-order valence-corrected chi connectivity index (χ4v) is 5.32. The number of nitrogens with zero attached hydrogens (tertiary/aromatic N) is 6. The van der Waals surface area contributed by atoms with E-state index in [1.807, 2.05) is 0 Å². The van der Waals surface area contributed by atoms with Gasteiger partial charge in [0.25, 0.3) is 0 Å². The minimum atomic E-state index is -4.19. The lowest BCUT2D eigenvalue weighted by atomic mass is 10.2. The summed E-state index contributed by atoms with van der Waals surface area (Å²) >= 11 is 0. The number of hydrogen-bond acceptors (Lipinski definition) is 14. The Hall–Kier alpha value is -3.02. The van der Waals surface area contributed by atoms with Crippen molar-refractivity contribution in [3.05, 3.63) is 35.4 Å². The molecule has 2 aliphatic heterocycles. The Morgan fingerprint density at radius 1 is 1.14 bits per heavy atom. The van der Waals surface area contributed by atoms with Crippen LogP contribution in [0, 0.1) is 0 Å². The van der Waals surface area contributed by atoms with Crippen molar-refractivity contribution in [2.75, 3.05) is 24.7 Å². The summed E-state index contributed by atoms with van der Waals surface area (Å²) < 4.78 is 38.0. The monoisotopic (exact) mass is 539 g/mol. The molecule has 3 aromatic heterocycles. The number of imidazole rings is 1. The quantitative estimate of drug-likeness (QED) is 0.207. The lowest BCUT2D eigenvalue weighted by Gasteiger charge is -2.22. The molecule has 0 radical (unpaired) electrons. The second-order valence-corrected chi connectivity index (χ2v) is 10.1. The lowest BCUT2D eigenvalue weighted by molar-refractivity contribution is -0.0514. The van der Waals surface area contributed by atoms with Crippen molar-refractivity contribution >= 4 is 30.5 Å². The molecule has 2 aliphatic rings. The van der Waals surface area contributed by atoms with E-state index in [0.29, 0.717) is 11.2 Å². The summed E-state index contributed by atoms with van der Waals surface area (Å²) in [4.78, 5) is 27.9. The van der Waals surface area contributed by atoms with Crippen molar-refractivity contribution in [2.45, 2.75) is 49.7 Å². The molecule has 7 atom stereocenters. The lowest BCUT2D eigenvalue weighted by Crippen LogP contribution is -2.30. The summed E-state index contributed by atoms with van der Waals surface area (Å²) in [6.07, 6.45) is -0.897. The van der Waals surface area contributed by atoms with E-state index in [4.69, 9.17) is 35.5 Å². The van der Waals surface area contributed by atoms with Crippen molar-refractivity contribution in [2.24, 2.45) is 5.50 Å². The molecule has 2 saturated heterocycles. The summed E-state index contributed by atoms with van der Waals surface area (Å²) in [6.45, 7) is -0.826. The summed E-state index contributed by atoms with van der Waals surface area (Å²) in [7, 11) is -4.19. The van der Waals surface area contributed by atoms with Gasteiger partial charge >= 0.3 is 13.4 Å². The van der Waals surface area contributed by atoms with E-state index in [2.05, 4.69) is 19.9 Å². The molecule has 5 rings (SSSR count). The maximum atomic E-state index is 12.9. The van der Waals surface area contributed by atoms with E-state index in [9.17, 15) is 19.6 Å². The topological polar surface area (TPSA) is 251 Å². The minimum absolute atomic E-state index is 0.0545. The van der Waals surface area contributed by atoms with Crippen LogP contribution in [-0.4, -0.2) is 76.9 Å². The molecule has 17 nitrogen and oxygen atoms in total. The first-order chi connectivity index (χ1) is 17.6. The fourth-order valence-electron chi connectivity index (χ4n) is 4.30. The molecule has 5 heterocycles. The zero-order valence-electron chi connectivity index (χ0n) is 19.3. The van der Waals surface area contributed by atoms with E-state index in [1.54, 1.807) is 4.57 Å². The van der Waals surface area contributed by atoms with Crippen LogP contribution in [0.2, 0.25) is 0 Å². The van der Waals surface area contributed by atoms with Crippen LogP contribution >= 0.6 is 7.75 Å². The van der Waals surface area contributed by atoms with Gasteiger partial charge < -0.3 is 31.2 Å². The van der Waals surface area contributed by atoms with Gasteiger partial charge in [0.05, 0.1) is 25.6 Å². The zero-order valence-corrected chi connectivity index (χ0v) is 20.2. The van der Waals surface area contributed by atoms with Gasteiger partial charge in [-0.2, -0.15) is 4.98 Å². The number of aliphatic hydroxyl groups is 2. The van der Waals surface area contributed by atoms with E-state index < -0.39 is 56.9 Å². The Balaban J connectivity index is 1.21. The molecule has 0 aromatic carbocycles. The van der Waals surface area contributed by atoms with E-state index in [1.165, 1.54) is 29.5 Å². The number of ether oxygens (including phenoxy) is 2. The van der Waals surface area contributed by atoms with Gasteiger partial charge in [0, 0.05) is 19.0 Å². The van der Waals surface area contributed by atoms with Gasteiger partial charge in [-0.3, -0.25) is 18.2 Å². The summed E-state index contributed by atoms with van der Waals surface area (Å²) in [6, 6.07) is 1.42. The number of aliphatic hydroxyl groups excluding tert-OH is 2. The normalized spacial score (nSPS) is 29.6. The van der Waals surface area contributed by atoms with E-state index in [0.717, 1.165) is 0 Å². The van der Waals surface area contributed by atoms with E-state index in [-0.39, 0.29) is 31.1 Å². The molecular weight excluding hydrogens is 513 g/mol. The smallest absolute Gasteiger partial charge is 0.394 e. The fraction of sp³-hybridized carbons (Fsp3) is 0.526. The number of hydrogen-bond donors (Lipinski definition) is 5. The predicted octanol–water partition coefficient (Wildman–Crippen LogP) is -1.36. The molecule has 0 spiro atoms. The van der Waals surface area contributed by atoms with Crippen molar-refractivity contribution in [1.82, 2.24) is 29.1 Å². The van der Waals surface area contributed by atoms with Crippen molar-refractivity contribution in [3.8, 4) is 0 Å². The van der Waals surface area contributed by atoms with Gasteiger partial charge in [-0.05, 0) is 6.07 Å². The van der Waals surface area contributed by atoms with Crippen molar-refractivity contribution in [3.63, 3.8) is 0 Å². The highest BCUT2D eigenvalue weighted by Crippen LogP contribution is 2.46. The molecule has 8 N–H and O–H groups in total. The number of rotatable bonds is 8. The molecular formula is C19H26N9O8P. The number of nitrogens with two attached hydrogens (primary N) is 3. The molecule has 3 aromatic rings. The average molecular weight is 539 g/mol. The number of nitrogen functional groups attached to an aromatic ring is 2. The molecule has 0 aliphatic carbocycles. The van der Waals surface area contributed by atoms with E-state index >= 15 is 0 Å². The molecule has 37 heavy (non-hydrogen) atoms. The highest BCUT2D eigenvalue weighted by molar-refractivity contribution is 7.51. The Labute approximate surface area is 208 Å². The molecule has 0 amide bonds. The third-order valence-corrected chi connectivity index (χ3v) is 7.20. The number of aromatic nitrogens is 6. The first-order valence-electron chi connectivity index (χ1n) is 11.2. The summed E-state index contributed by atoms with van der Waals surface area (Å²) in [5, 5.41) is 20.1. The first-order valence-corrected chi connectivity index (χ1v) is 12.9. The van der Waals surface area contributed by atoms with Gasteiger partial charge in [-0.15, -0.1) is 0 Å². The largest absolute Gasteiger partial charge is 0.403 e. The maximum Gasteiger partial charge on any atom is 0.403 e. The predicted molar refractivity (Wildman–Crippen MR) is 125 cm³/mol. The molecule has 0 saturated carbocycles. The number of fused-ring (bicyclic) bond motifs is 1. The van der Waals surface area contributed by atoms with Gasteiger partial charge in [0.2, 0.25) is 0 Å². The van der Waals surface area contributed by atoms with Crippen LogP contribution < -0.4 is 22.7 Å². The van der Waals surface area contributed by atoms with Crippen molar-refractivity contribution < 1.29 is 33.3 Å². The standard InChI is InChI=1S/C19H26N9O8P/c20-13-1-2-27(19(31)26-13)14-3-9(30)12(35-14)6-33-37(22,32)36-10-4-15(34-11(10)5-29)28-8-25-16-17(21)23-7-24-18(16)28/h1-2,7-12,14-15,29-30H,3-6H2,(H2,22,32)(H2,20,26,31)(H2,21,23,24)/t9-,10-,11+,12+,14+,15+,37?/m0/s1. The SMILES string of the molecule is Nc1ccn([C@H]2C[C@H](O)[C@@H](COP(N)(=O)O[C@H]3C[C@H](n4cnc5c(N)ncnc54)O[C@@H]3CO)O2)c(=O)n1. The second kappa shape index (κ2) is 10.0. The van der Waals surface area contributed by atoms with Gasteiger partial charge in [0.15, 0.2) is 11.5 Å². The van der Waals surface area contributed by atoms with Crippen LogP contribution in [0.15, 0.2) is 29.7 Å². The Morgan fingerprint density at radius 3 is 2.65 bits per heavy atom. The third kappa shape index (κ3) is 5.21. The van der Waals surface area contributed by atoms with Crippen LogP contribution in [-0.2, 0) is 23.1 Å². The van der Waals surface area contributed by atoms with Crippen LogP contribution in [0.1, 0.15) is 25.3 Å². The molecule has 0 bridgehead atoms. The molecule has 1 unspecified atom stereocenters. The van der Waals surface area contributed by atoms with Gasteiger partial charge in [-0.25, -0.2) is 29.8 Å². The average Bonchev–Trinajstić information content (AvgIpc) is 3.54. The Kier molecular flexibility index (Phi) is 6.95. The maximum absolute atomic E-state index is 12.9.